The zero-order chi connectivity index (χ0) is 21.9. The Hall–Kier alpha value is -1.93. The maximum absolute atomic E-state index is 12.7. The lowest BCUT2D eigenvalue weighted by atomic mass is 9.85. The van der Waals surface area contributed by atoms with E-state index < -0.39 is 5.60 Å². The van der Waals surface area contributed by atoms with Crippen molar-refractivity contribution in [2.45, 2.75) is 110 Å². The maximum atomic E-state index is 12.7. The van der Waals surface area contributed by atoms with Crippen molar-refractivity contribution in [3.05, 3.63) is 58.5 Å². The van der Waals surface area contributed by atoms with Gasteiger partial charge in [-0.25, -0.2) is 0 Å². The van der Waals surface area contributed by atoms with E-state index in [1.54, 1.807) is 12.2 Å². The van der Waals surface area contributed by atoms with Crippen LogP contribution in [0.2, 0.25) is 0 Å². The number of carbonyl (C=O) groups excluding carboxylic acids is 1. The molecule has 0 saturated heterocycles. The van der Waals surface area contributed by atoms with Gasteiger partial charge in [-0.05, 0) is 46.2 Å². The summed E-state index contributed by atoms with van der Waals surface area (Å²) in [5, 5.41) is 13.2. The predicted molar refractivity (Wildman–Crippen MR) is 138 cm³/mol. The van der Waals surface area contributed by atoms with Gasteiger partial charge in [0.2, 0.25) is 0 Å². The van der Waals surface area contributed by atoms with Crippen LogP contribution in [-0.2, 0) is 4.79 Å². The van der Waals surface area contributed by atoms with Crippen LogP contribution < -0.4 is 10.4 Å². The molecule has 1 N–H and O–H groups in total. The molecule has 0 bridgehead atoms. The van der Waals surface area contributed by atoms with Gasteiger partial charge in [0, 0.05) is 6.42 Å². The monoisotopic (exact) mass is 436 g/mol. The molecule has 1 aromatic carbocycles. The highest BCUT2D eigenvalue weighted by Crippen LogP contribution is 2.29. The first-order chi connectivity index (χ1) is 15.1. The van der Waals surface area contributed by atoms with Crippen LogP contribution in [-0.4, -0.2) is 16.5 Å². The third-order valence-electron chi connectivity index (χ3n) is 6.71. The molecule has 2 aliphatic carbocycles. The van der Waals surface area contributed by atoms with Gasteiger partial charge in [-0.3, -0.25) is 4.79 Å². The molecule has 0 heterocycles. The number of fused-ring (bicyclic) bond motifs is 2. The van der Waals surface area contributed by atoms with Crippen molar-refractivity contribution < 1.29 is 9.90 Å². The lowest BCUT2D eigenvalue weighted by Crippen LogP contribution is -2.36. The van der Waals surface area contributed by atoms with E-state index in [1.807, 2.05) is 18.2 Å². The molecule has 0 radical (unpaired) electrons. The van der Waals surface area contributed by atoms with Crippen molar-refractivity contribution in [1.29, 1.82) is 0 Å². The highest BCUT2D eigenvalue weighted by molar-refractivity contribution is 5.98. The second-order valence-electron chi connectivity index (χ2n) is 9.32. The average molecular weight is 437 g/mol. The van der Waals surface area contributed by atoms with E-state index >= 15 is 0 Å². The fourth-order valence-corrected chi connectivity index (χ4v) is 4.75. The normalized spacial score (nSPS) is 18.4. The number of ketones is 1. The Balaban J connectivity index is 0.00000363. The molecular weight excluding hydrogens is 392 g/mol. The van der Waals surface area contributed by atoms with Crippen LogP contribution >= 0.6 is 0 Å². The molecule has 0 amide bonds. The number of unbranched alkanes of at least 4 members (excludes halogenated alkanes) is 12. The Kier molecular flexibility index (Phi) is 11.2. The number of hydrogen-bond donors (Lipinski definition) is 1. The molecule has 176 valence electrons. The summed E-state index contributed by atoms with van der Waals surface area (Å²) in [4.78, 5) is 12.7. The first kappa shape index (κ1) is 26.3. The van der Waals surface area contributed by atoms with Crippen LogP contribution in [0.15, 0.2) is 48.1 Å². The van der Waals surface area contributed by atoms with Crippen LogP contribution in [0.1, 0.15) is 104 Å². The van der Waals surface area contributed by atoms with Crippen molar-refractivity contribution in [2.75, 3.05) is 0 Å². The molecule has 0 spiro atoms. The number of aliphatic hydroxyl groups is 1. The van der Waals surface area contributed by atoms with E-state index in [4.69, 9.17) is 0 Å². The SMILES string of the molecule is C.CCCCCCCCCCCCCCCC(=O)C1(O)C=CC2=c3ccccc3=CC2=C1. The third-order valence-corrected chi connectivity index (χ3v) is 6.71. The molecule has 0 saturated carbocycles. The summed E-state index contributed by atoms with van der Waals surface area (Å²) < 4.78 is 0. The number of rotatable bonds is 15. The second-order valence-corrected chi connectivity index (χ2v) is 9.32. The highest BCUT2D eigenvalue weighted by Gasteiger charge is 2.33. The van der Waals surface area contributed by atoms with E-state index in [0.717, 1.165) is 29.2 Å². The Morgan fingerprint density at radius 1 is 0.844 bits per heavy atom. The molecule has 2 heteroatoms. The van der Waals surface area contributed by atoms with Gasteiger partial charge in [-0.2, -0.15) is 0 Å². The minimum Gasteiger partial charge on any atom is -0.374 e. The summed E-state index contributed by atoms with van der Waals surface area (Å²) in [7, 11) is 0. The number of allylic oxidation sites excluding steroid dienone is 2. The number of benzene rings is 1. The Morgan fingerprint density at radius 2 is 1.41 bits per heavy atom. The van der Waals surface area contributed by atoms with E-state index in [-0.39, 0.29) is 13.2 Å². The van der Waals surface area contributed by atoms with Crippen molar-refractivity contribution in [3.8, 4) is 0 Å². The predicted octanol–water partition coefficient (Wildman–Crippen LogP) is 6.55. The minimum atomic E-state index is -1.45. The van der Waals surface area contributed by atoms with Gasteiger partial charge in [-0.15, -0.1) is 0 Å². The Labute approximate surface area is 195 Å². The largest absolute Gasteiger partial charge is 0.374 e. The molecule has 1 atom stereocenters. The molecular formula is C30H44O2. The molecule has 1 aromatic rings. The first-order valence-corrected chi connectivity index (χ1v) is 12.6. The van der Waals surface area contributed by atoms with Crippen molar-refractivity contribution in [2.24, 2.45) is 0 Å². The van der Waals surface area contributed by atoms with Gasteiger partial charge >= 0.3 is 0 Å². The van der Waals surface area contributed by atoms with Crippen LogP contribution in [0.3, 0.4) is 0 Å². The Morgan fingerprint density at radius 3 is 2.03 bits per heavy atom. The van der Waals surface area contributed by atoms with Gasteiger partial charge in [-0.1, -0.05) is 122 Å². The van der Waals surface area contributed by atoms with Crippen molar-refractivity contribution in [3.63, 3.8) is 0 Å². The van der Waals surface area contributed by atoms with Crippen molar-refractivity contribution in [1.82, 2.24) is 0 Å². The van der Waals surface area contributed by atoms with Crippen LogP contribution in [0.4, 0.5) is 0 Å². The van der Waals surface area contributed by atoms with Crippen LogP contribution in [0.5, 0.6) is 0 Å². The molecule has 3 rings (SSSR count). The van der Waals surface area contributed by atoms with Gasteiger partial charge in [0.1, 0.15) is 0 Å². The third kappa shape index (κ3) is 7.30. The van der Waals surface area contributed by atoms with Gasteiger partial charge in [0.25, 0.3) is 0 Å². The average Bonchev–Trinajstić information content (AvgIpc) is 3.14. The molecule has 0 aromatic heterocycles. The zero-order valence-corrected chi connectivity index (χ0v) is 19.4. The summed E-state index contributed by atoms with van der Waals surface area (Å²) >= 11 is 0. The van der Waals surface area contributed by atoms with E-state index in [0.29, 0.717) is 6.42 Å². The second kappa shape index (κ2) is 13.6. The summed E-state index contributed by atoms with van der Waals surface area (Å²) in [6, 6.07) is 8.20. The first-order valence-electron chi connectivity index (χ1n) is 12.6. The zero-order valence-electron chi connectivity index (χ0n) is 19.4. The number of Topliss-reactive ketones (excluding diaryl/α,β-unsaturated/α-hetero) is 1. The molecule has 1 unspecified atom stereocenters. The molecule has 2 aliphatic rings. The molecule has 0 fully saturated rings. The standard InChI is InChI=1S/C29H40O2.CH4/c1-2-3-4-5-6-7-8-9-10-11-12-13-14-19-28(30)29(31)21-20-27-25(23-29)22-24-17-15-16-18-26(24)27;/h15-18,20-23,31H,2-14,19H2,1H3;1H4. The summed E-state index contributed by atoms with van der Waals surface area (Å²) in [6.45, 7) is 2.27. The van der Waals surface area contributed by atoms with Gasteiger partial charge in [0.05, 0.1) is 0 Å². The van der Waals surface area contributed by atoms with E-state index in [2.05, 4.69) is 25.1 Å². The van der Waals surface area contributed by atoms with Crippen LogP contribution in [0, 0.1) is 0 Å². The highest BCUT2D eigenvalue weighted by atomic mass is 16.3. The van der Waals surface area contributed by atoms with E-state index in [9.17, 15) is 9.90 Å². The van der Waals surface area contributed by atoms with E-state index in [1.165, 1.54) is 75.8 Å². The van der Waals surface area contributed by atoms with Gasteiger partial charge in [0.15, 0.2) is 11.4 Å². The smallest absolute Gasteiger partial charge is 0.172 e. The lowest BCUT2D eigenvalue weighted by molar-refractivity contribution is -0.129. The topological polar surface area (TPSA) is 37.3 Å². The molecule has 32 heavy (non-hydrogen) atoms. The van der Waals surface area contributed by atoms with Crippen LogP contribution in [0.25, 0.3) is 11.6 Å². The lowest BCUT2D eigenvalue weighted by Gasteiger charge is -2.24. The quantitative estimate of drug-likeness (QED) is 0.317. The fraction of sp³-hybridized carbons (Fsp3) is 0.567. The Bertz CT molecular complexity index is 905. The molecule has 2 nitrogen and oxygen atoms in total. The maximum Gasteiger partial charge on any atom is 0.172 e. The van der Waals surface area contributed by atoms with Gasteiger partial charge < -0.3 is 5.11 Å². The minimum absolute atomic E-state index is 0. The molecule has 0 aliphatic heterocycles. The number of hydrogen-bond acceptors (Lipinski definition) is 2. The van der Waals surface area contributed by atoms with Crippen molar-refractivity contribution >= 4 is 17.4 Å². The summed E-state index contributed by atoms with van der Waals surface area (Å²) in [5.74, 6) is -0.0808. The fourth-order valence-electron chi connectivity index (χ4n) is 4.75. The number of carbonyl (C=O) groups is 1. The summed E-state index contributed by atoms with van der Waals surface area (Å²) in [6.07, 6.45) is 24.6. The summed E-state index contributed by atoms with van der Waals surface area (Å²) in [5.41, 5.74) is 0.619.